The van der Waals surface area contributed by atoms with Crippen LogP contribution in [0.15, 0.2) is 42.5 Å². The molecule has 0 N–H and O–H groups in total. The van der Waals surface area contributed by atoms with E-state index in [-0.39, 0.29) is 0 Å². The third kappa shape index (κ3) is 5.38. The van der Waals surface area contributed by atoms with Crippen LogP contribution in [-0.4, -0.2) is 35.0 Å². The van der Waals surface area contributed by atoms with E-state index in [1.54, 1.807) is 0 Å². The summed E-state index contributed by atoms with van der Waals surface area (Å²) in [5, 5.41) is 0. The first kappa shape index (κ1) is 26.9. The molecule has 1 fully saturated rings. The Labute approximate surface area is 230 Å². The first-order valence-electron chi connectivity index (χ1n) is 14.9. The molecule has 2 heterocycles. The molecule has 2 aromatic carbocycles. The lowest BCUT2D eigenvalue weighted by Gasteiger charge is -2.38. The van der Waals surface area contributed by atoms with Crippen LogP contribution in [-0.2, 0) is 25.8 Å². The highest BCUT2D eigenvalue weighted by atomic mass is 15.2. The van der Waals surface area contributed by atoms with E-state index in [1.807, 2.05) is 0 Å². The minimum atomic E-state index is 0.443. The van der Waals surface area contributed by atoms with Crippen LogP contribution in [0.25, 0.3) is 11.4 Å². The van der Waals surface area contributed by atoms with Gasteiger partial charge >= 0.3 is 0 Å². The van der Waals surface area contributed by atoms with Crippen molar-refractivity contribution in [3.63, 3.8) is 0 Å². The highest BCUT2D eigenvalue weighted by Gasteiger charge is 2.29. The van der Waals surface area contributed by atoms with Crippen LogP contribution in [0.3, 0.4) is 0 Å². The van der Waals surface area contributed by atoms with E-state index in [0.29, 0.717) is 17.9 Å². The second-order valence-electron chi connectivity index (χ2n) is 12.0. The molecule has 0 bridgehead atoms. The molecule has 1 aromatic heterocycles. The molecule has 1 aliphatic heterocycles. The zero-order valence-corrected chi connectivity index (χ0v) is 24.4. The lowest BCUT2D eigenvalue weighted by molar-refractivity contribution is 0.212. The number of hydrogen-bond acceptors (Lipinski definition) is 4. The number of nitrogens with zero attached hydrogens (tertiary/aromatic N) is 4. The third-order valence-electron chi connectivity index (χ3n) is 8.86. The average Bonchev–Trinajstić information content (AvgIpc) is 2.92. The van der Waals surface area contributed by atoms with Crippen LogP contribution >= 0.6 is 0 Å². The number of fused-ring (bicyclic) bond motifs is 1. The van der Waals surface area contributed by atoms with Crippen molar-refractivity contribution in [3.05, 3.63) is 76.0 Å². The molecule has 2 unspecified atom stereocenters. The summed E-state index contributed by atoms with van der Waals surface area (Å²) in [6, 6.07) is 16.2. The predicted octanol–water partition coefficient (Wildman–Crippen LogP) is 7.57. The van der Waals surface area contributed by atoms with Gasteiger partial charge in [0.2, 0.25) is 0 Å². The maximum absolute atomic E-state index is 5.44. The van der Waals surface area contributed by atoms with Crippen molar-refractivity contribution in [3.8, 4) is 11.4 Å². The van der Waals surface area contributed by atoms with Crippen LogP contribution in [0.5, 0.6) is 0 Å². The summed E-state index contributed by atoms with van der Waals surface area (Å²) < 4.78 is 0. The number of benzene rings is 2. The van der Waals surface area contributed by atoms with E-state index in [1.165, 1.54) is 59.1 Å². The summed E-state index contributed by atoms with van der Waals surface area (Å²) in [4.78, 5) is 15.8. The van der Waals surface area contributed by atoms with Gasteiger partial charge in [0.15, 0.2) is 5.82 Å². The Morgan fingerprint density at radius 3 is 2.29 bits per heavy atom. The van der Waals surface area contributed by atoms with Crippen molar-refractivity contribution >= 4 is 5.82 Å². The topological polar surface area (TPSA) is 32.3 Å². The Kier molecular flexibility index (Phi) is 8.18. The van der Waals surface area contributed by atoms with Gasteiger partial charge in [0, 0.05) is 42.5 Å². The summed E-state index contributed by atoms with van der Waals surface area (Å²) >= 11 is 0. The zero-order valence-electron chi connectivity index (χ0n) is 24.4. The summed E-state index contributed by atoms with van der Waals surface area (Å²) in [5.74, 6) is 3.41. The van der Waals surface area contributed by atoms with Crippen molar-refractivity contribution in [1.29, 1.82) is 0 Å². The molecule has 38 heavy (non-hydrogen) atoms. The maximum Gasteiger partial charge on any atom is 0.162 e. The van der Waals surface area contributed by atoms with E-state index in [4.69, 9.17) is 9.97 Å². The maximum atomic E-state index is 5.44. The van der Waals surface area contributed by atoms with E-state index in [0.717, 1.165) is 49.8 Å². The van der Waals surface area contributed by atoms with Crippen LogP contribution in [0.1, 0.15) is 86.5 Å². The molecule has 5 rings (SSSR count). The fourth-order valence-electron chi connectivity index (χ4n) is 7.05. The molecule has 0 amide bonds. The highest BCUT2D eigenvalue weighted by molar-refractivity contribution is 5.68. The van der Waals surface area contributed by atoms with Gasteiger partial charge in [-0.3, -0.25) is 4.90 Å². The lowest BCUT2D eigenvalue weighted by Crippen LogP contribution is -2.40. The van der Waals surface area contributed by atoms with Gasteiger partial charge in [0.05, 0.1) is 0 Å². The van der Waals surface area contributed by atoms with Crippen molar-refractivity contribution < 1.29 is 0 Å². The van der Waals surface area contributed by atoms with Crippen LogP contribution in [0.2, 0.25) is 0 Å². The fraction of sp³-hybridized carbons (Fsp3) is 0.529. The first-order valence-corrected chi connectivity index (χ1v) is 14.9. The van der Waals surface area contributed by atoms with Gasteiger partial charge in [-0.2, -0.15) is 0 Å². The molecule has 0 radical (unpaired) electrons. The fourth-order valence-corrected chi connectivity index (χ4v) is 7.05. The average molecular weight is 511 g/mol. The molecule has 4 heteroatoms. The lowest BCUT2D eigenvalue weighted by atomic mass is 9.87. The third-order valence-corrected chi connectivity index (χ3v) is 8.86. The summed E-state index contributed by atoms with van der Waals surface area (Å²) in [6.45, 7) is 14.5. The zero-order chi connectivity index (χ0) is 26.8. The van der Waals surface area contributed by atoms with E-state index >= 15 is 0 Å². The van der Waals surface area contributed by atoms with Crippen LogP contribution in [0.4, 0.5) is 5.82 Å². The molecule has 2 aliphatic rings. The molecular weight excluding hydrogens is 464 g/mol. The number of aryl methyl sites for hydroxylation is 4. The van der Waals surface area contributed by atoms with Crippen molar-refractivity contribution in [2.75, 3.05) is 25.0 Å². The van der Waals surface area contributed by atoms with Gasteiger partial charge in [-0.15, -0.1) is 0 Å². The molecule has 3 aromatic rings. The molecule has 3 atom stereocenters. The number of aromatic nitrogens is 2. The van der Waals surface area contributed by atoms with Gasteiger partial charge in [-0.05, 0) is 86.6 Å². The minimum absolute atomic E-state index is 0.443. The smallest absolute Gasteiger partial charge is 0.162 e. The predicted molar refractivity (Wildman–Crippen MR) is 160 cm³/mol. The van der Waals surface area contributed by atoms with Gasteiger partial charge < -0.3 is 4.90 Å². The van der Waals surface area contributed by atoms with E-state index < -0.39 is 0 Å². The number of anilines is 1. The molecule has 0 saturated carbocycles. The van der Waals surface area contributed by atoms with Gasteiger partial charge in [-0.25, -0.2) is 9.97 Å². The van der Waals surface area contributed by atoms with Crippen molar-refractivity contribution in [2.45, 2.75) is 85.7 Å². The quantitative estimate of drug-likeness (QED) is 0.328. The molecule has 1 saturated heterocycles. The van der Waals surface area contributed by atoms with Gasteiger partial charge in [0.1, 0.15) is 5.82 Å². The Morgan fingerprint density at radius 2 is 1.61 bits per heavy atom. The van der Waals surface area contributed by atoms with E-state index in [2.05, 4.69) is 93.9 Å². The monoisotopic (exact) mass is 510 g/mol. The normalized spacial score (nSPS) is 21.6. The molecular formula is C34H46N4. The number of hydrogen-bond donors (Lipinski definition) is 0. The summed E-state index contributed by atoms with van der Waals surface area (Å²) in [6.07, 6.45) is 6.93. The van der Waals surface area contributed by atoms with Crippen LogP contribution in [0, 0.1) is 18.8 Å². The van der Waals surface area contributed by atoms with Crippen LogP contribution < -0.4 is 4.90 Å². The number of rotatable bonds is 7. The number of piperidine rings is 1. The molecule has 0 spiro atoms. The molecule has 1 aliphatic carbocycles. The standard InChI is InChI=1S/C34H46N4/c1-7-26-14-11-15-27(8-2)32(26)33-35-25(5)30(34(36-33)38-20-23(3)19-24(4)21-38)22-37(6)31-18-12-16-28-13-9-10-17-29(28)31/h9-11,13-15,17,23-24,31H,7-8,12,16,18-22H2,1-6H3/t23?,24?,31-/m0/s1. The Hall–Kier alpha value is -2.72. The molecule has 4 nitrogen and oxygen atoms in total. The SMILES string of the molecule is CCc1cccc(CC)c1-c1nc(C)c(CN(C)[C@H]2CCCc3ccccc32)c(N2CC(C)CC(C)C2)n1. The Morgan fingerprint density at radius 1 is 0.921 bits per heavy atom. The highest BCUT2D eigenvalue weighted by Crippen LogP contribution is 2.37. The van der Waals surface area contributed by atoms with Gasteiger partial charge in [-0.1, -0.05) is 70.2 Å². The largest absolute Gasteiger partial charge is 0.356 e. The second kappa shape index (κ2) is 11.6. The molecule has 202 valence electrons. The minimum Gasteiger partial charge on any atom is -0.356 e. The van der Waals surface area contributed by atoms with Crippen molar-refractivity contribution in [1.82, 2.24) is 14.9 Å². The van der Waals surface area contributed by atoms with Gasteiger partial charge in [0.25, 0.3) is 0 Å². The van der Waals surface area contributed by atoms with E-state index in [9.17, 15) is 0 Å². The Balaban J connectivity index is 1.59. The van der Waals surface area contributed by atoms with Crippen molar-refractivity contribution in [2.24, 2.45) is 11.8 Å². The summed E-state index contributed by atoms with van der Waals surface area (Å²) in [5.41, 5.74) is 9.38. The summed E-state index contributed by atoms with van der Waals surface area (Å²) in [7, 11) is 2.30. The Bertz CT molecular complexity index is 1230. The second-order valence-corrected chi connectivity index (χ2v) is 12.0. The first-order chi connectivity index (χ1) is 18.4.